The van der Waals surface area contributed by atoms with E-state index in [2.05, 4.69) is 25.2 Å². The van der Waals surface area contributed by atoms with Crippen molar-refractivity contribution in [1.29, 1.82) is 0 Å². The van der Waals surface area contributed by atoms with Gasteiger partial charge in [-0.05, 0) is 37.6 Å². The fourth-order valence-electron chi connectivity index (χ4n) is 3.41. The third-order valence-corrected chi connectivity index (χ3v) is 4.76. The average molecular weight is 399 g/mol. The van der Waals surface area contributed by atoms with E-state index in [1.807, 2.05) is 19.1 Å². The number of rotatable bonds is 6. The molecule has 0 spiro atoms. The van der Waals surface area contributed by atoms with E-state index < -0.39 is 12.7 Å². The Morgan fingerprint density at radius 3 is 2.90 bits per heavy atom. The lowest BCUT2D eigenvalue weighted by Gasteiger charge is -2.18. The standard InChI is InChI=1S/C20H19F2N5O2/c1-12-16(13-10-23-24-11-13)5-6-18(25-12)27-8-7-17(19(27)28)26-14-3-2-4-15(9-14)29-20(21)22/h2-6,9-11,17,20,26H,7-8H2,1H3,(H,23,24). The highest BCUT2D eigenvalue weighted by Crippen LogP contribution is 2.28. The number of aryl methyl sites for hydroxylation is 1. The van der Waals surface area contributed by atoms with Crippen molar-refractivity contribution in [2.75, 3.05) is 16.8 Å². The largest absolute Gasteiger partial charge is 0.435 e. The van der Waals surface area contributed by atoms with Gasteiger partial charge in [0.1, 0.15) is 17.6 Å². The molecule has 1 fully saturated rings. The third kappa shape index (κ3) is 4.03. The summed E-state index contributed by atoms with van der Waals surface area (Å²) in [6.45, 7) is -0.495. The molecule has 1 aliphatic rings. The first-order valence-electron chi connectivity index (χ1n) is 9.11. The van der Waals surface area contributed by atoms with Crippen LogP contribution in [0.4, 0.5) is 20.3 Å². The van der Waals surface area contributed by atoms with E-state index >= 15 is 0 Å². The highest BCUT2D eigenvalue weighted by atomic mass is 19.3. The second-order valence-corrected chi connectivity index (χ2v) is 6.67. The summed E-state index contributed by atoms with van der Waals surface area (Å²) < 4.78 is 29.2. The van der Waals surface area contributed by atoms with Gasteiger partial charge in [-0.3, -0.25) is 14.8 Å². The van der Waals surface area contributed by atoms with Gasteiger partial charge in [0.2, 0.25) is 0 Å². The molecule has 150 valence electrons. The van der Waals surface area contributed by atoms with Crippen molar-refractivity contribution >= 4 is 17.4 Å². The van der Waals surface area contributed by atoms with Gasteiger partial charge in [-0.15, -0.1) is 0 Å². The maximum absolute atomic E-state index is 12.9. The summed E-state index contributed by atoms with van der Waals surface area (Å²) in [6, 6.07) is 9.45. The Morgan fingerprint density at radius 2 is 2.17 bits per heavy atom. The maximum Gasteiger partial charge on any atom is 0.387 e. The lowest BCUT2D eigenvalue weighted by Crippen LogP contribution is -2.34. The predicted molar refractivity (Wildman–Crippen MR) is 104 cm³/mol. The van der Waals surface area contributed by atoms with Crippen molar-refractivity contribution in [3.63, 3.8) is 0 Å². The van der Waals surface area contributed by atoms with Crippen molar-refractivity contribution in [2.24, 2.45) is 0 Å². The molecule has 3 heterocycles. The van der Waals surface area contributed by atoms with Crippen LogP contribution in [-0.2, 0) is 4.79 Å². The number of halogens is 2. The summed E-state index contributed by atoms with van der Waals surface area (Å²) in [5.74, 6) is 0.506. The number of anilines is 2. The Labute approximate surface area is 165 Å². The van der Waals surface area contributed by atoms with E-state index in [-0.39, 0.29) is 11.7 Å². The number of amides is 1. The Kier molecular flexibility index (Phi) is 5.11. The molecule has 7 nitrogen and oxygen atoms in total. The predicted octanol–water partition coefficient (Wildman–Crippen LogP) is 3.60. The number of aromatic nitrogens is 3. The molecule has 1 aliphatic heterocycles. The number of carbonyl (C=O) groups excluding carboxylic acids is 1. The van der Waals surface area contributed by atoms with Gasteiger partial charge in [-0.1, -0.05) is 6.07 Å². The SMILES string of the molecule is Cc1nc(N2CCC(Nc3cccc(OC(F)F)c3)C2=O)ccc1-c1cn[nH]c1. The molecule has 0 bridgehead atoms. The summed E-state index contributed by atoms with van der Waals surface area (Å²) >= 11 is 0. The van der Waals surface area contributed by atoms with Crippen LogP contribution in [0.25, 0.3) is 11.1 Å². The Morgan fingerprint density at radius 1 is 1.31 bits per heavy atom. The molecule has 3 aromatic rings. The average Bonchev–Trinajstić information content (AvgIpc) is 3.32. The minimum atomic E-state index is -2.90. The number of hydrogen-bond acceptors (Lipinski definition) is 5. The lowest BCUT2D eigenvalue weighted by molar-refractivity contribution is -0.117. The zero-order chi connectivity index (χ0) is 20.4. The van der Waals surface area contributed by atoms with Crippen molar-refractivity contribution in [1.82, 2.24) is 15.2 Å². The minimum absolute atomic E-state index is 0.0411. The van der Waals surface area contributed by atoms with E-state index in [1.165, 1.54) is 12.1 Å². The fourth-order valence-corrected chi connectivity index (χ4v) is 3.41. The van der Waals surface area contributed by atoms with E-state index in [0.29, 0.717) is 24.5 Å². The smallest absolute Gasteiger partial charge is 0.387 e. The molecule has 9 heteroatoms. The van der Waals surface area contributed by atoms with Gasteiger partial charge >= 0.3 is 6.61 Å². The minimum Gasteiger partial charge on any atom is -0.435 e. The molecule has 2 aromatic heterocycles. The number of hydrogen-bond donors (Lipinski definition) is 2. The van der Waals surface area contributed by atoms with Gasteiger partial charge in [0.25, 0.3) is 5.91 Å². The van der Waals surface area contributed by atoms with Gasteiger partial charge in [0, 0.05) is 41.3 Å². The molecule has 1 atom stereocenters. The highest BCUT2D eigenvalue weighted by Gasteiger charge is 2.33. The molecule has 29 heavy (non-hydrogen) atoms. The number of nitrogens with zero attached hydrogens (tertiary/aromatic N) is 3. The van der Waals surface area contributed by atoms with E-state index in [0.717, 1.165) is 16.8 Å². The number of benzene rings is 1. The third-order valence-electron chi connectivity index (χ3n) is 4.76. The van der Waals surface area contributed by atoms with Crippen LogP contribution < -0.4 is 15.0 Å². The number of alkyl halides is 2. The van der Waals surface area contributed by atoms with Crippen LogP contribution in [0.5, 0.6) is 5.75 Å². The first-order valence-corrected chi connectivity index (χ1v) is 9.11. The number of carbonyl (C=O) groups is 1. The zero-order valence-electron chi connectivity index (χ0n) is 15.6. The van der Waals surface area contributed by atoms with E-state index in [4.69, 9.17) is 0 Å². The highest BCUT2D eigenvalue weighted by molar-refractivity contribution is 6.00. The topological polar surface area (TPSA) is 83.1 Å². The molecular formula is C20H19F2N5O2. The van der Waals surface area contributed by atoms with Crippen LogP contribution in [0, 0.1) is 6.92 Å². The van der Waals surface area contributed by atoms with Crippen molar-refractivity contribution in [3.8, 4) is 16.9 Å². The fraction of sp³-hybridized carbons (Fsp3) is 0.250. The van der Waals surface area contributed by atoms with Crippen LogP contribution in [0.15, 0.2) is 48.8 Å². The number of ether oxygens (including phenoxy) is 1. The molecule has 1 aromatic carbocycles. The van der Waals surface area contributed by atoms with Gasteiger partial charge in [-0.2, -0.15) is 13.9 Å². The number of nitrogens with one attached hydrogen (secondary N) is 2. The van der Waals surface area contributed by atoms with Gasteiger partial charge in [0.15, 0.2) is 0 Å². The summed E-state index contributed by atoms with van der Waals surface area (Å²) in [7, 11) is 0. The van der Waals surface area contributed by atoms with E-state index in [9.17, 15) is 13.6 Å². The lowest BCUT2D eigenvalue weighted by atomic mass is 10.1. The summed E-state index contributed by atoms with van der Waals surface area (Å²) in [5.41, 5.74) is 3.21. The van der Waals surface area contributed by atoms with Crippen LogP contribution in [0.1, 0.15) is 12.1 Å². The molecule has 0 aliphatic carbocycles. The molecule has 1 amide bonds. The monoisotopic (exact) mass is 399 g/mol. The Hall–Kier alpha value is -3.49. The Bertz CT molecular complexity index is 1010. The van der Waals surface area contributed by atoms with Crippen molar-refractivity contribution in [2.45, 2.75) is 26.0 Å². The molecule has 0 radical (unpaired) electrons. The number of pyridine rings is 1. The molecule has 0 saturated carbocycles. The second kappa shape index (κ2) is 7.86. The first-order chi connectivity index (χ1) is 14.0. The van der Waals surface area contributed by atoms with Gasteiger partial charge in [-0.25, -0.2) is 4.98 Å². The molecule has 1 saturated heterocycles. The van der Waals surface area contributed by atoms with Gasteiger partial charge in [0.05, 0.1) is 6.20 Å². The van der Waals surface area contributed by atoms with Crippen LogP contribution >= 0.6 is 0 Å². The van der Waals surface area contributed by atoms with Crippen LogP contribution in [0.3, 0.4) is 0 Å². The number of aromatic amines is 1. The van der Waals surface area contributed by atoms with Crippen molar-refractivity contribution in [3.05, 3.63) is 54.5 Å². The quantitative estimate of drug-likeness (QED) is 0.662. The molecular weight excluding hydrogens is 380 g/mol. The summed E-state index contributed by atoms with van der Waals surface area (Å²) in [4.78, 5) is 19.1. The van der Waals surface area contributed by atoms with Crippen molar-refractivity contribution < 1.29 is 18.3 Å². The normalized spacial score (nSPS) is 16.5. The summed E-state index contributed by atoms with van der Waals surface area (Å²) in [6.07, 6.45) is 4.08. The maximum atomic E-state index is 12.9. The Balaban J connectivity index is 1.47. The first kappa shape index (κ1) is 18.9. The zero-order valence-corrected chi connectivity index (χ0v) is 15.6. The second-order valence-electron chi connectivity index (χ2n) is 6.67. The van der Waals surface area contributed by atoms with Gasteiger partial charge < -0.3 is 10.1 Å². The summed E-state index contributed by atoms with van der Waals surface area (Å²) in [5, 5.41) is 9.82. The number of H-pyrrole nitrogens is 1. The molecule has 2 N–H and O–H groups in total. The van der Waals surface area contributed by atoms with Crippen LogP contribution in [0.2, 0.25) is 0 Å². The van der Waals surface area contributed by atoms with Crippen LogP contribution in [-0.4, -0.2) is 40.3 Å². The molecule has 4 rings (SSSR count). The molecule has 1 unspecified atom stereocenters. The van der Waals surface area contributed by atoms with E-state index in [1.54, 1.807) is 29.4 Å².